The Labute approximate surface area is 204 Å². The molecule has 0 radical (unpaired) electrons. The summed E-state index contributed by atoms with van der Waals surface area (Å²) in [4.78, 5) is 40.1. The number of benzene rings is 3. The topological polar surface area (TPSA) is 78.5 Å². The second-order valence-corrected chi connectivity index (χ2v) is 8.67. The van der Waals surface area contributed by atoms with Gasteiger partial charge >= 0.3 is 0 Å². The highest BCUT2D eigenvalue weighted by Crippen LogP contribution is 2.19. The molecule has 3 amide bonds. The van der Waals surface area contributed by atoms with Crippen LogP contribution in [-0.4, -0.2) is 42.3 Å². The molecule has 0 aliphatic carbocycles. The molecule has 176 valence electrons. The van der Waals surface area contributed by atoms with Gasteiger partial charge in [0.25, 0.3) is 5.91 Å². The monoisotopic (exact) mass is 477 g/mol. The smallest absolute Gasteiger partial charge is 0.251 e. The zero-order valence-electron chi connectivity index (χ0n) is 19.5. The lowest BCUT2D eigenvalue weighted by molar-refractivity contribution is -0.135. The molecule has 0 aliphatic heterocycles. The maximum atomic E-state index is 13.3. The summed E-state index contributed by atoms with van der Waals surface area (Å²) in [5.74, 6) is -1.06. The van der Waals surface area contributed by atoms with Crippen LogP contribution in [0.5, 0.6) is 0 Å². The van der Waals surface area contributed by atoms with E-state index in [0.29, 0.717) is 17.0 Å². The lowest BCUT2D eigenvalue weighted by Crippen LogP contribution is -2.50. The molecule has 1 unspecified atom stereocenters. The Morgan fingerprint density at radius 2 is 1.50 bits per heavy atom. The van der Waals surface area contributed by atoms with Crippen molar-refractivity contribution in [3.63, 3.8) is 0 Å². The molecule has 2 N–H and O–H groups in total. The van der Waals surface area contributed by atoms with Crippen molar-refractivity contribution in [3.8, 4) is 0 Å². The van der Waals surface area contributed by atoms with E-state index in [1.165, 1.54) is 4.90 Å². The van der Waals surface area contributed by atoms with E-state index in [9.17, 15) is 14.4 Å². The average molecular weight is 478 g/mol. The minimum atomic E-state index is -0.844. The van der Waals surface area contributed by atoms with Gasteiger partial charge < -0.3 is 15.5 Å². The minimum absolute atomic E-state index is 0.144. The van der Waals surface area contributed by atoms with Crippen molar-refractivity contribution in [2.24, 2.45) is 0 Å². The van der Waals surface area contributed by atoms with Crippen molar-refractivity contribution in [1.29, 1.82) is 0 Å². The number of anilines is 1. The lowest BCUT2D eigenvalue weighted by atomic mass is 10.0. The van der Waals surface area contributed by atoms with Crippen LogP contribution in [0.3, 0.4) is 0 Å². The van der Waals surface area contributed by atoms with E-state index in [2.05, 4.69) is 10.6 Å². The molecule has 0 aliphatic rings. The fraction of sp³-hybridized carbons (Fsp3) is 0.222. The molecule has 0 saturated carbocycles. The predicted molar refractivity (Wildman–Crippen MR) is 135 cm³/mol. The number of carbonyl (C=O) groups excluding carboxylic acids is 3. The third kappa shape index (κ3) is 6.68. The van der Waals surface area contributed by atoms with Crippen molar-refractivity contribution in [3.05, 3.63) is 100 Å². The first-order valence-corrected chi connectivity index (χ1v) is 11.3. The average Bonchev–Trinajstić information content (AvgIpc) is 2.81. The van der Waals surface area contributed by atoms with Crippen LogP contribution in [0.25, 0.3) is 0 Å². The highest BCUT2D eigenvalue weighted by Gasteiger charge is 2.26. The molecule has 6 nitrogen and oxygen atoms in total. The minimum Gasteiger partial charge on any atom is -0.340 e. The van der Waals surface area contributed by atoms with Gasteiger partial charge in [0.05, 0.1) is 6.54 Å². The Morgan fingerprint density at radius 1 is 0.882 bits per heavy atom. The van der Waals surface area contributed by atoms with Gasteiger partial charge in [0.1, 0.15) is 6.04 Å². The van der Waals surface area contributed by atoms with Crippen LogP contribution in [0.2, 0.25) is 5.02 Å². The summed E-state index contributed by atoms with van der Waals surface area (Å²) in [7, 11) is 1.55. The summed E-state index contributed by atoms with van der Waals surface area (Å²) in [6.45, 7) is 3.69. The molecule has 0 heterocycles. The van der Waals surface area contributed by atoms with Crippen molar-refractivity contribution >= 4 is 35.0 Å². The lowest BCUT2D eigenvalue weighted by Gasteiger charge is -2.25. The van der Waals surface area contributed by atoms with Crippen LogP contribution < -0.4 is 10.6 Å². The normalized spacial score (nSPS) is 11.4. The molecule has 3 rings (SSSR count). The number of amides is 3. The molecule has 3 aromatic carbocycles. The number of likely N-dealkylation sites (N-methyl/N-ethyl adjacent to an activating group) is 1. The Kier molecular flexibility index (Phi) is 8.44. The van der Waals surface area contributed by atoms with E-state index in [0.717, 1.165) is 22.4 Å². The molecular weight excluding hydrogens is 450 g/mol. The van der Waals surface area contributed by atoms with Crippen LogP contribution in [0.15, 0.2) is 72.8 Å². The van der Waals surface area contributed by atoms with Crippen LogP contribution in [0.4, 0.5) is 5.69 Å². The zero-order chi connectivity index (χ0) is 24.7. The number of aryl methyl sites for hydroxylation is 2. The predicted octanol–water partition coefficient (Wildman–Crippen LogP) is 4.40. The molecule has 7 heteroatoms. The summed E-state index contributed by atoms with van der Waals surface area (Å²) in [6.07, 6.45) is 0.294. The van der Waals surface area contributed by atoms with Crippen molar-refractivity contribution in [2.45, 2.75) is 26.3 Å². The van der Waals surface area contributed by atoms with Gasteiger partial charge in [-0.2, -0.15) is 0 Å². The number of para-hydroxylation sites is 1. The molecular formula is C27H28ClN3O3. The molecule has 1 atom stereocenters. The van der Waals surface area contributed by atoms with E-state index in [4.69, 9.17) is 11.6 Å². The highest BCUT2D eigenvalue weighted by molar-refractivity contribution is 6.30. The van der Waals surface area contributed by atoms with Crippen molar-refractivity contribution in [1.82, 2.24) is 10.2 Å². The van der Waals surface area contributed by atoms with Gasteiger partial charge in [-0.25, -0.2) is 0 Å². The van der Waals surface area contributed by atoms with Crippen molar-refractivity contribution < 1.29 is 14.4 Å². The molecule has 0 bridgehead atoms. The summed E-state index contributed by atoms with van der Waals surface area (Å²) < 4.78 is 0. The molecule has 0 spiro atoms. The van der Waals surface area contributed by atoms with Gasteiger partial charge in [0.2, 0.25) is 11.8 Å². The molecule has 3 aromatic rings. The van der Waals surface area contributed by atoms with Crippen LogP contribution in [0, 0.1) is 13.8 Å². The Bertz CT molecular complexity index is 1140. The standard InChI is InChI=1S/C27H28ClN3O3/c1-18-8-7-9-19(2)25(18)30-24(32)17-31(3)27(34)23(16-20-10-5-4-6-11-20)29-26(33)21-12-14-22(28)15-13-21/h4-15,23H,16-17H2,1-3H3,(H,29,33)(H,30,32). The highest BCUT2D eigenvalue weighted by atomic mass is 35.5. The number of halogens is 1. The summed E-state index contributed by atoms with van der Waals surface area (Å²) >= 11 is 5.92. The second kappa shape index (κ2) is 11.5. The summed E-state index contributed by atoms with van der Waals surface area (Å²) in [5, 5.41) is 6.23. The first-order valence-electron chi connectivity index (χ1n) is 11.0. The quantitative estimate of drug-likeness (QED) is 0.505. The van der Waals surface area contributed by atoms with Crippen molar-refractivity contribution in [2.75, 3.05) is 18.9 Å². The fourth-order valence-electron chi connectivity index (χ4n) is 3.64. The van der Waals surface area contributed by atoms with Crippen LogP contribution >= 0.6 is 11.6 Å². The molecule has 0 aromatic heterocycles. The van der Waals surface area contributed by atoms with Gasteiger partial charge in [0, 0.05) is 29.7 Å². The third-order valence-electron chi connectivity index (χ3n) is 5.50. The Hall–Kier alpha value is -3.64. The first kappa shape index (κ1) is 25.0. The number of hydrogen-bond donors (Lipinski definition) is 2. The number of carbonyl (C=O) groups is 3. The third-order valence-corrected chi connectivity index (χ3v) is 5.75. The Morgan fingerprint density at radius 3 is 2.12 bits per heavy atom. The molecule has 34 heavy (non-hydrogen) atoms. The van der Waals surface area contributed by atoms with Gasteiger partial charge in [-0.3, -0.25) is 14.4 Å². The van der Waals surface area contributed by atoms with Crippen LogP contribution in [0.1, 0.15) is 27.0 Å². The van der Waals surface area contributed by atoms with Gasteiger partial charge in [-0.15, -0.1) is 0 Å². The first-order chi connectivity index (χ1) is 16.2. The number of nitrogens with one attached hydrogen (secondary N) is 2. The molecule has 0 fully saturated rings. The van der Waals surface area contributed by atoms with Gasteiger partial charge in [-0.1, -0.05) is 60.1 Å². The number of hydrogen-bond acceptors (Lipinski definition) is 3. The summed E-state index contributed by atoms with van der Waals surface area (Å²) in [5.41, 5.74) is 3.92. The second-order valence-electron chi connectivity index (χ2n) is 8.23. The van der Waals surface area contributed by atoms with E-state index in [1.54, 1.807) is 31.3 Å². The molecule has 0 saturated heterocycles. The van der Waals surface area contributed by atoms with E-state index in [-0.39, 0.29) is 24.3 Å². The summed E-state index contributed by atoms with van der Waals surface area (Å²) in [6, 6.07) is 20.8. The largest absolute Gasteiger partial charge is 0.340 e. The Balaban J connectivity index is 1.73. The number of nitrogens with zero attached hydrogens (tertiary/aromatic N) is 1. The van der Waals surface area contributed by atoms with E-state index >= 15 is 0 Å². The maximum absolute atomic E-state index is 13.3. The maximum Gasteiger partial charge on any atom is 0.251 e. The van der Waals surface area contributed by atoms with E-state index in [1.807, 2.05) is 62.4 Å². The van der Waals surface area contributed by atoms with Crippen LogP contribution in [-0.2, 0) is 16.0 Å². The number of rotatable bonds is 8. The van der Waals surface area contributed by atoms with Gasteiger partial charge in [-0.05, 0) is 54.8 Å². The fourth-order valence-corrected chi connectivity index (χ4v) is 3.77. The zero-order valence-corrected chi connectivity index (χ0v) is 20.2. The SMILES string of the molecule is Cc1cccc(C)c1NC(=O)CN(C)C(=O)C(Cc1ccccc1)NC(=O)c1ccc(Cl)cc1. The van der Waals surface area contributed by atoms with E-state index < -0.39 is 6.04 Å². The van der Waals surface area contributed by atoms with Gasteiger partial charge in [0.15, 0.2) is 0 Å².